The van der Waals surface area contributed by atoms with Gasteiger partial charge in [0.25, 0.3) is 0 Å². The topological polar surface area (TPSA) is 62.2 Å². The Morgan fingerprint density at radius 2 is 2.15 bits per heavy atom. The molecule has 1 aromatic heterocycles. The molecule has 1 aromatic rings. The molecule has 0 unspecified atom stereocenters. The largest absolute Gasteiger partial charge is 0.477 e. The van der Waals surface area contributed by atoms with Crippen molar-refractivity contribution < 1.29 is 9.90 Å². The molecule has 110 valence electrons. The molecule has 1 aliphatic carbocycles. The van der Waals surface area contributed by atoms with Gasteiger partial charge in [-0.05, 0) is 42.7 Å². The number of pyridine rings is 1. The number of aromatic nitrogens is 1. The van der Waals surface area contributed by atoms with E-state index in [2.05, 4.69) is 24.1 Å². The number of aromatic carboxylic acids is 1. The van der Waals surface area contributed by atoms with Crippen LogP contribution in [-0.4, -0.2) is 22.6 Å². The fraction of sp³-hybridized carbons (Fsp3) is 0.625. The van der Waals surface area contributed by atoms with Crippen LogP contribution in [0, 0.1) is 11.3 Å². The van der Waals surface area contributed by atoms with Crippen LogP contribution in [0.4, 0.5) is 5.69 Å². The maximum absolute atomic E-state index is 10.9. The molecule has 0 aliphatic heterocycles. The molecule has 2 rings (SSSR count). The highest BCUT2D eigenvalue weighted by Gasteiger charge is 2.34. The van der Waals surface area contributed by atoms with Crippen molar-refractivity contribution in [2.75, 3.05) is 11.9 Å². The predicted octanol–water partition coefficient (Wildman–Crippen LogP) is 3.80. The summed E-state index contributed by atoms with van der Waals surface area (Å²) in [4.78, 5) is 14.8. The highest BCUT2D eigenvalue weighted by molar-refractivity contribution is 5.86. The molecule has 1 saturated carbocycles. The lowest BCUT2D eigenvalue weighted by atomic mass is 9.78. The fourth-order valence-corrected chi connectivity index (χ4v) is 3.39. The molecule has 0 atom stereocenters. The van der Waals surface area contributed by atoms with E-state index >= 15 is 0 Å². The van der Waals surface area contributed by atoms with Gasteiger partial charge in [0, 0.05) is 18.4 Å². The lowest BCUT2D eigenvalue weighted by Crippen LogP contribution is -2.28. The minimum Gasteiger partial charge on any atom is -0.477 e. The highest BCUT2D eigenvalue weighted by Crippen LogP contribution is 2.43. The van der Waals surface area contributed by atoms with Crippen LogP contribution in [0.15, 0.2) is 18.3 Å². The first-order valence-electron chi connectivity index (χ1n) is 7.44. The minimum atomic E-state index is -0.980. The van der Waals surface area contributed by atoms with Gasteiger partial charge in [0.1, 0.15) is 5.69 Å². The fourth-order valence-electron chi connectivity index (χ4n) is 3.39. The maximum atomic E-state index is 10.9. The summed E-state index contributed by atoms with van der Waals surface area (Å²) < 4.78 is 0. The van der Waals surface area contributed by atoms with E-state index in [1.807, 2.05) is 6.07 Å². The summed E-state index contributed by atoms with van der Waals surface area (Å²) in [7, 11) is 0. The molecule has 0 amide bonds. The van der Waals surface area contributed by atoms with Crippen LogP contribution in [0.2, 0.25) is 0 Å². The number of anilines is 1. The van der Waals surface area contributed by atoms with Crippen LogP contribution >= 0.6 is 0 Å². The Bertz CT molecular complexity index is 465. The summed E-state index contributed by atoms with van der Waals surface area (Å²) in [6, 6.07) is 3.45. The van der Waals surface area contributed by atoms with E-state index in [-0.39, 0.29) is 5.69 Å². The SMILES string of the molecule is CC(C)CC1(CNc2ccnc(C(=O)O)c2)CCCC1. The highest BCUT2D eigenvalue weighted by atomic mass is 16.4. The molecule has 0 radical (unpaired) electrons. The lowest BCUT2D eigenvalue weighted by Gasteiger charge is -2.31. The van der Waals surface area contributed by atoms with E-state index in [9.17, 15) is 4.79 Å². The number of carboxylic acids is 1. The van der Waals surface area contributed by atoms with Crippen molar-refractivity contribution in [2.24, 2.45) is 11.3 Å². The van der Waals surface area contributed by atoms with E-state index in [1.54, 1.807) is 12.3 Å². The number of rotatable bonds is 6. The summed E-state index contributed by atoms with van der Waals surface area (Å²) >= 11 is 0. The summed E-state index contributed by atoms with van der Waals surface area (Å²) in [5.41, 5.74) is 1.33. The monoisotopic (exact) mass is 276 g/mol. The number of hydrogen-bond donors (Lipinski definition) is 2. The first kappa shape index (κ1) is 14.8. The van der Waals surface area contributed by atoms with Gasteiger partial charge in [0.05, 0.1) is 0 Å². The number of nitrogens with zero attached hydrogens (tertiary/aromatic N) is 1. The third kappa shape index (κ3) is 3.71. The average molecular weight is 276 g/mol. The van der Waals surface area contributed by atoms with Gasteiger partial charge >= 0.3 is 5.97 Å². The molecule has 1 heterocycles. The third-order valence-electron chi connectivity index (χ3n) is 4.15. The molecule has 0 saturated heterocycles. The van der Waals surface area contributed by atoms with Crippen molar-refractivity contribution in [1.29, 1.82) is 0 Å². The van der Waals surface area contributed by atoms with Gasteiger partial charge in [-0.2, -0.15) is 0 Å². The van der Waals surface area contributed by atoms with Gasteiger partial charge in [-0.15, -0.1) is 0 Å². The molecule has 20 heavy (non-hydrogen) atoms. The summed E-state index contributed by atoms with van der Waals surface area (Å²) in [5, 5.41) is 12.4. The normalized spacial score (nSPS) is 17.4. The van der Waals surface area contributed by atoms with Crippen LogP contribution in [0.1, 0.15) is 56.4 Å². The quantitative estimate of drug-likeness (QED) is 0.829. The first-order valence-corrected chi connectivity index (χ1v) is 7.44. The van der Waals surface area contributed by atoms with Crippen LogP contribution in [0.3, 0.4) is 0 Å². The zero-order valence-electron chi connectivity index (χ0n) is 12.4. The van der Waals surface area contributed by atoms with Crippen molar-refractivity contribution in [3.63, 3.8) is 0 Å². The molecular weight excluding hydrogens is 252 g/mol. The Balaban J connectivity index is 2.02. The smallest absolute Gasteiger partial charge is 0.354 e. The number of hydrogen-bond acceptors (Lipinski definition) is 3. The molecule has 4 nitrogen and oxygen atoms in total. The van der Waals surface area contributed by atoms with Crippen LogP contribution < -0.4 is 5.32 Å². The second-order valence-electron chi connectivity index (χ2n) is 6.39. The van der Waals surface area contributed by atoms with Crippen molar-refractivity contribution >= 4 is 11.7 Å². The van der Waals surface area contributed by atoms with Gasteiger partial charge in [0.2, 0.25) is 0 Å². The Morgan fingerprint density at radius 3 is 2.75 bits per heavy atom. The molecule has 4 heteroatoms. The standard InChI is InChI=1S/C16H24N2O2/c1-12(2)10-16(6-3-4-7-16)11-18-13-5-8-17-14(9-13)15(19)20/h5,8-9,12H,3-4,6-7,10-11H2,1-2H3,(H,17,18)(H,19,20). The third-order valence-corrected chi connectivity index (χ3v) is 4.15. The second kappa shape index (κ2) is 6.25. The average Bonchev–Trinajstić information content (AvgIpc) is 2.85. The Kier molecular flexibility index (Phi) is 4.63. The van der Waals surface area contributed by atoms with E-state index in [1.165, 1.54) is 32.1 Å². The lowest BCUT2D eigenvalue weighted by molar-refractivity contribution is 0.0690. The van der Waals surface area contributed by atoms with Gasteiger partial charge in [0.15, 0.2) is 0 Å². The van der Waals surface area contributed by atoms with Gasteiger partial charge in [-0.1, -0.05) is 26.7 Å². The number of carbonyl (C=O) groups is 1. The number of nitrogens with one attached hydrogen (secondary N) is 1. The molecule has 2 N–H and O–H groups in total. The first-order chi connectivity index (χ1) is 9.51. The van der Waals surface area contributed by atoms with E-state index < -0.39 is 5.97 Å². The van der Waals surface area contributed by atoms with Crippen LogP contribution in [-0.2, 0) is 0 Å². The Labute approximate surface area is 120 Å². The maximum Gasteiger partial charge on any atom is 0.354 e. The van der Waals surface area contributed by atoms with Gasteiger partial charge < -0.3 is 10.4 Å². The van der Waals surface area contributed by atoms with Crippen LogP contribution in [0.5, 0.6) is 0 Å². The van der Waals surface area contributed by atoms with Crippen molar-refractivity contribution in [2.45, 2.75) is 46.0 Å². The van der Waals surface area contributed by atoms with Crippen molar-refractivity contribution in [1.82, 2.24) is 4.98 Å². The zero-order valence-corrected chi connectivity index (χ0v) is 12.4. The van der Waals surface area contributed by atoms with Crippen LogP contribution in [0.25, 0.3) is 0 Å². The van der Waals surface area contributed by atoms with E-state index in [0.29, 0.717) is 11.3 Å². The summed E-state index contributed by atoms with van der Waals surface area (Å²) in [6.45, 7) is 5.47. The second-order valence-corrected chi connectivity index (χ2v) is 6.39. The molecule has 0 bridgehead atoms. The van der Waals surface area contributed by atoms with Crippen molar-refractivity contribution in [3.8, 4) is 0 Å². The van der Waals surface area contributed by atoms with Crippen molar-refractivity contribution in [3.05, 3.63) is 24.0 Å². The molecule has 0 spiro atoms. The Hall–Kier alpha value is -1.58. The summed E-state index contributed by atoms with van der Waals surface area (Å²) in [6.07, 6.45) is 7.95. The summed E-state index contributed by atoms with van der Waals surface area (Å²) in [5.74, 6) is -0.284. The minimum absolute atomic E-state index is 0.0966. The molecule has 1 aliphatic rings. The zero-order chi connectivity index (χ0) is 14.6. The molecule has 0 aromatic carbocycles. The van der Waals surface area contributed by atoms with E-state index in [4.69, 9.17) is 5.11 Å². The molecule has 1 fully saturated rings. The predicted molar refractivity (Wildman–Crippen MR) is 80.0 cm³/mol. The van der Waals surface area contributed by atoms with Gasteiger partial charge in [-0.25, -0.2) is 9.78 Å². The number of carboxylic acid groups (broad SMARTS) is 1. The molecular formula is C16H24N2O2. The Morgan fingerprint density at radius 1 is 1.45 bits per heavy atom. The van der Waals surface area contributed by atoms with E-state index in [0.717, 1.165) is 12.2 Å². The van der Waals surface area contributed by atoms with Gasteiger partial charge in [-0.3, -0.25) is 0 Å².